The number of phenolic OH excluding ortho intramolecular Hbond substituents is 1. The van der Waals surface area contributed by atoms with Gasteiger partial charge < -0.3 is 36.9 Å². The lowest BCUT2D eigenvalue weighted by Gasteiger charge is -2.19. The first kappa shape index (κ1) is 20.1. The summed E-state index contributed by atoms with van der Waals surface area (Å²) in [5.74, 6) is 1.80. The van der Waals surface area contributed by atoms with Crippen LogP contribution >= 0.6 is 0 Å². The Kier molecular flexibility index (Phi) is 6.17. The van der Waals surface area contributed by atoms with E-state index < -0.39 is 0 Å². The predicted molar refractivity (Wildman–Crippen MR) is 105 cm³/mol. The molecule has 6 heteroatoms. The highest BCUT2D eigenvalue weighted by molar-refractivity contribution is 5.57. The first-order chi connectivity index (χ1) is 13.2. The molecule has 1 unspecified atom stereocenters. The van der Waals surface area contributed by atoms with Crippen molar-refractivity contribution in [3.05, 3.63) is 71.5 Å². The van der Waals surface area contributed by atoms with E-state index in [-0.39, 0.29) is 18.4 Å². The molecule has 28 heavy (non-hydrogen) atoms. The number of hydrogen-bond acceptors (Lipinski definition) is 4. The van der Waals surface area contributed by atoms with Crippen LogP contribution < -0.4 is 27.2 Å². The Morgan fingerprint density at radius 1 is 1.04 bits per heavy atom. The molecule has 0 bridgehead atoms. The predicted octanol–water partition coefficient (Wildman–Crippen LogP) is 1.18. The van der Waals surface area contributed by atoms with Crippen molar-refractivity contribution in [2.75, 3.05) is 13.2 Å². The third kappa shape index (κ3) is 3.55. The van der Waals surface area contributed by atoms with Crippen molar-refractivity contribution in [1.29, 1.82) is 0 Å². The van der Waals surface area contributed by atoms with E-state index in [0.29, 0.717) is 25.5 Å². The summed E-state index contributed by atoms with van der Waals surface area (Å²) >= 11 is 0. The minimum atomic E-state index is -0.111. The molecule has 0 fully saturated rings. The minimum Gasteiger partial charge on any atom is -1.00 e. The zero-order valence-electron chi connectivity index (χ0n) is 16.0. The average molecular weight is 400 g/mol. The molecule has 5 nitrogen and oxygen atoms in total. The molecule has 1 aliphatic rings. The Bertz CT molecular complexity index is 955. The highest BCUT2D eigenvalue weighted by Crippen LogP contribution is 2.38. The number of ether oxygens (including phenoxy) is 2. The number of aromatic nitrogens is 1. The van der Waals surface area contributed by atoms with Gasteiger partial charge in [0.25, 0.3) is 0 Å². The van der Waals surface area contributed by atoms with Crippen LogP contribution in [-0.4, -0.2) is 22.9 Å². The monoisotopic (exact) mass is 399 g/mol. The third-order valence-electron chi connectivity index (χ3n) is 4.82. The number of para-hydroxylation sites is 1. The summed E-state index contributed by atoms with van der Waals surface area (Å²) in [4.78, 5) is 0. The van der Waals surface area contributed by atoms with Crippen LogP contribution in [0.25, 0.3) is 5.69 Å². The molecule has 3 aromatic rings. The second kappa shape index (κ2) is 8.59. The van der Waals surface area contributed by atoms with E-state index in [0.717, 1.165) is 34.0 Å². The van der Waals surface area contributed by atoms with E-state index in [2.05, 4.69) is 16.0 Å². The van der Waals surface area contributed by atoms with Gasteiger partial charge in [-0.05, 0) is 43.7 Å². The molecule has 0 spiro atoms. The summed E-state index contributed by atoms with van der Waals surface area (Å²) in [5.41, 5.74) is 4.12. The van der Waals surface area contributed by atoms with Gasteiger partial charge in [-0.3, -0.25) is 0 Å². The fraction of sp³-hybridized carbons (Fsp3) is 0.273. The van der Waals surface area contributed by atoms with E-state index in [4.69, 9.17) is 9.47 Å². The van der Waals surface area contributed by atoms with Crippen molar-refractivity contribution in [3.63, 3.8) is 0 Å². The van der Waals surface area contributed by atoms with Gasteiger partial charge in [-0.1, -0.05) is 18.2 Å². The first-order valence-electron chi connectivity index (χ1n) is 9.34. The van der Waals surface area contributed by atoms with E-state index >= 15 is 0 Å². The molecule has 2 N–H and O–H groups in total. The lowest BCUT2D eigenvalue weighted by atomic mass is 10.0. The van der Waals surface area contributed by atoms with Crippen LogP contribution in [0.15, 0.2) is 54.7 Å². The van der Waals surface area contributed by atoms with Crippen molar-refractivity contribution >= 4 is 0 Å². The molecule has 2 aromatic carbocycles. The van der Waals surface area contributed by atoms with Crippen LogP contribution in [-0.2, 0) is 6.54 Å². The molecular formula is C22H24ClN2O3-. The Labute approximate surface area is 171 Å². The second-order valence-corrected chi connectivity index (χ2v) is 6.47. The molecule has 1 aromatic heterocycles. The zero-order valence-corrected chi connectivity index (χ0v) is 16.7. The van der Waals surface area contributed by atoms with Gasteiger partial charge >= 0.3 is 0 Å². The van der Waals surface area contributed by atoms with Crippen LogP contribution in [0.2, 0.25) is 0 Å². The molecule has 0 aliphatic carbocycles. The van der Waals surface area contributed by atoms with Gasteiger partial charge in [-0.25, -0.2) is 0 Å². The molecule has 1 aliphatic heterocycles. The fourth-order valence-electron chi connectivity index (χ4n) is 3.66. The van der Waals surface area contributed by atoms with Crippen LogP contribution in [0.3, 0.4) is 0 Å². The summed E-state index contributed by atoms with van der Waals surface area (Å²) in [6, 6.07) is 15.6. The average Bonchev–Trinajstić information content (AvgIpc) is 3.09. The Hall–Kier alpha value is -2.63. The number of nitrogens with one attached hydrogen (secondary N) is 1. The Morgan fingerprint density at radius 2 is 1.75 bits per heavy atom. The summed E-state index contributed by atoms with van der Waals surface area (Å²) in [6.45, 7) is 5.76. The summed E-state index contributed by atoms with van der Waals surface area (Å²) in [5, 5.41) is 14.0. The van der Waals surface area contributed by atoms with Gasteiger partial charge in [0.05, 0.1) is 24.9 Å². The standard InChI is InChI=1S/C22H24N2O3.ClH/c1-3-26-20-12-15-14-23-22(16-8-5-6-10-19(16)25)17-9-7-11-24(17)18(15)13-21(20)27-4-2;/h5-13,22-23,25H,3-4,14H2,1-2H3;1H/p-1. The minimum absolute atomic E-state index is 0. The summed E-state index contributed by atoms with van der Waals surface area (Å²) in [6.07, 6.45) is 2.05. The highest BCUT2D eigenvalue weighted by Gasteiger charge is 2.26. The number of hydrogen-bond donors (Lipinski definition) is 2. The number of aromatic hydroxyl groups is 1. The summed E-state index contributed by atoms with van der Waals surface area (Å²) in [7, 11) is 0. The van der Waals surface area contributed by atoms with Crippen molar-refractivity contribution in [2.24, 2.45) is 0 Å². The normalized spacial score (nSPS) is 15.0. The maximum atomic E-state index is 10.4. The zero-order chi connectivity index (χ0) is 18.8. The van der Waals surface area contributed by atoms with Crippen molar-refractivity contribution in [3.8, 4) is 22.9 Å². The van der Waals surface area contributed by atoms with Crippen LogP contribution in [0.5, 0.6) is 17.2 Å². The largest absolute Gasteiger partial charge is 1.00 e. The molecule has 4 rings (SSSR count). The number of nitrogens with zero attached hydrogens (tertiary/aromatic N) is 1. The second-order valence-electron chi connectivity index (χ2n) is 6.47. The Morgan fingerprint density at radius 3 is 2.46 bits per heavy atom. The van der Waals surface area contributed by atoms with Gasteiger partial charge in [0.1, 0.15) is 5.75 Å². The molecule has 0 radical (unpaired) electrons. The number of benzene rings is 2. The molecular weight excluding hydrogens is 376 g/mol. The number of rotatable bonds is 5. The van der Waals surface area contributed by atoms with Crippen LogP contribution in [0.1, 0.15) is 36.7 Å². The Balaban J connectivity index is 0.00000225. The van der Waals surface area contributed by atoms with Gasteiger partial charge in [0.2, 0.25) is 0 Å². The van der Waals surface area contributed by atoms with E-state index in [9.17, 15) is 5.11 Å². The third-order valence-corrected chi connectivity index (χ3v) is 4.82. The van der Waals surface area contributed by atoms with E-state index in [1.807, 2.05) is 56.4 Å². The van der Waals surface area contributed by atoms with Gasteiger partial charge in [-0.2, -0.15) is 0 Å². The van der Waals surface area contributed by atoms with Gasteiger partial charge in [0.15, 0.2) is 11.5 Å². The van der Waals surface area contributed by atoms with Crippen LogP contribution in [0, 0.1) is 0 Å². The van der Waals surface area contributed by atoms with Crippen molar-refractivity contribution in [2.45, 2.75) is 26.4 Å². The van der Waals surface area contributed by atoms with Gasteiger partial charge in [-0.15, -0.1) is 0 Å². The lowest BCUT2D eigenvalue weighted by molar-refractivity contribution is -0.00000741. The maximum absolute atomic E-state index is 10.4. The quantitative estimate of drug-likeness (QED) is 0.676. The van der Waals surface area contributed by atoms with Crippen LogP contribution in [0.4, 0.5) is 0 Å². The maximum Gasteiger partial charge on any atom is 0.163 e. The number of halogens is 1. The van der Waals surface area contributed by atoms with E-state index in [1.165, 1.54) is 0 Å². The lowest BCUT2D eigenvalue weighted by Crippen LogP contribution is -3.00. The molecule has 0 saturated carbocycles. The fourth-order valence-corrected chi connectivity index (χ4v) is 3.66. The first-order valence-corrected chi connectivity index (χ1v) is 9.34. The number of phenols is 1. The van der Waals surface area contributed by atoms with Crippen molar-refractivity contribution in [1.82, 2.24) is 9.88 Å². The molecule has 1 atom stereocenters. The van der Waals surface area contributed by atoms with Gasteiger partial charge in [0, 0.05) is 30.1 Å². The smallest absolute Gasteiger partial charge is 0.163 e. The number of fused-ring (bicyclic) bond motifs is 3. The summed E-state index contributed by atoms with van der Waals surface area (Å²) < 4.78 is 13.8. The molecule has 2 heterocycles. The SMILES string of the molecule is CCOc1cc2c(cc1OCC)-n1cccc1C(c1ccccc1O)NC2.[Cl-]. The topological polar surface area (TPSA) is 55.7 Å². The molecule has 0 saturated heterocycles. The van der Waals surface area contributed by atoms with Crippen molar-refractivity contribution < 1.29 is 27.0 Å². The highest BCUT2D eigenvalue weighted by atomic mass is 35.5. The molecule has 0 amide bonds. The van der Waals surface area contributed by atoms with E-state index in [1.54, 1.807) is 6.07 Å². The molecule has 148 valence electrons.